The largest absolute Gasteiger partial charge is 0.504 e. The minimum absolute atomic E-state index is 0.175. The molecule has 4 nitrogen and oxygen atoms in total. The first-order chi connectivity index (χ1) is 11.7. The molecule has 0 fully saturated rings. The monoisotopic (exact) mass is 338 g/mol. The lowest BCUT2D eigenvalue weighted by molar-refractivity contribution is 0.245. The van der Waals surface area contributed by atoms with Crippen molar-refractivity contribution in [2.45, 2.75) is 78.1 Å². The number of hydrogen-bond acceptors (Lipinski definition) is 4. The third-order valence-corrected chi connectivity index (χ3v) is 4.07. The summed E-state index contributed by atoms with van der Waals surface area (Å²) in [5.74, 6) is 0.367. The van der Waals surface area contributed by atoms with Crippen molar-refractivity contribution in [2.75, 3.05) is 13.2 Å². The lowest BCUT2D eigenvalue weighted by Crippen LogP contribution is -2.03. The predicted molar refractivity (Wildman–Crippen MR) is 98.3 cm³/mol. The molecule has 4 heteroatoms. The molecule has 0 heterocycles. The second kappa shape index (κ2) is 12.8. The summed E-state index contributed by atoms with van der Waals surface area (Å²) in [6.07, 6.45) is 11.5. The first kappa shape index (κ1) is 20.5. The van der Waals surface area contributed by atoms with Gasteiger partial charge in [-0.05, 0) is 25.0 Å². The molecule has 0 saturated carbocycles. The topological polar surface area (TPSA) is 58.9 Å². The highest BCUT2D eigenvalue weighted by Crippen LogP contribution is 2.43. The van der Waals surface area contributed by atoms with Crippen molar-refractivity contribution >= 4 is 0 Å². The molecule has 1 aromatic rings. The highest BCUT2D eigenvalue weighted by molar-refractivity contribution is 5.57. The first-order valence-corrected chi connectivity index (χ1v) is 9.51. The Morgan fingerprint density at radius 1 is 0.708 bits per heavy atom. The Kier molecular flexibility index (Phi) is 10.9. The maximum Gasteiger partial charge on any atom is 0.207 e. The van der Waals surface area contributed by atoms with Crippen LogP contribution in [0.2, 0.25) is 0 Å². The van der Waals surface area contributed by atoms with Crippen LogP contribution in [0.25, 0.3) is 0 Å². The van der Waals surface area contributed by atoms with Gasteiger partial charge in [0.25, 0.3) is 0 Å². The molecule has 2 N–H and O–H groups in total. The molecule has 0 spiro atoms. The van der Waals surface area contributed by atoms with Gasteiger partial charge in [0.1, 0.15) is 0 Å². The molecule has 0 aromatic heterocycles. The maximum absolute atomic E-state index is 10.0. The Morgan fingerprint density at radius 3 is 1.83 bits per heavy atom. The van der Waals surface area contributed by atoms with Crippen LogP contribution in [0.15, 0.2) is 12.1 Å². The standard InChI is InChI=1S/C20H34O4/c1-3-5-7-9-11-15-23-18-14-13-17(21)19(22)20(18)24-16-12-10-8-6-4-2/h13-14,21-22H,3-12,15-16H2,1-2H3. The predicted octanol–water partition coefficient (Wildman–Crippen LogP) is 5.80. The summed E-state index contributed by atoms with van der Waals surface area (Å²) in [5, 5.41) is 19.7. The highest BCUT2D eigenvalue weighted by atomic mass is 16.5. The van der Waals surface area contributed by atoms with E-state index in [-0.39, 0.29) is 17.2 Å². The summed E-state index contributed by atoms with van der Waals surface area (Å²) in [4.78, 5) is 0. The van der Waals surface area contributed by atoms with E-state index in [0.717, 1.165) is 25.7 Å². The van der Waals surface area contributed by atoms with Crippen LogP contribution in [0.1, 0.15) is 78.1 Å². The van der Waals surface area contributed by atoms with E-state index in [1.807, 2.05) is 0 Å². The molecule has 0 aliphatic carbocycles. The van der Waals surface area contributed by atoms with Crippen LogP contribution >= 0.6 is 0 Å². The van der Waals surface area contributed by atoms with Gasteiger partial charge in [-0.3, -0.25) is 0 Å². The Labute approximate surface area is 146 Å². The molecule has 1 aromatic carbocycles. The zero-order chi connectivity index (χ0) is 17.6. The minimum atomic E-state index is -0.230. The summed E-state index contributed by atoms with van der Waals surface area (Å²) in [7, 11) is 0. The second-order valence-corrected chi connectivity index (χ2v) is 6.29. The number of aromatic hydroxyl groups is 2. The molecule has 0 aliphatic rings. The molecular weight excluding hydrogens is 304 g/mol. The van der Waals surface area contributed by atoms with Crippen molar-refractivity contribution < 1.29 is 19.7 Å². The molecule has 0 atom stereocenters. The van der Waals surface area contributed by atoms with Gasteiger partial charge in [-0.2, -0.15) is 0 Å². The van der Waals surface area contributed by atoms with Crippen LogP contribution in [0, 0.1) is 0 Å². The third-order valence-electron chi connectivity index (χ3n) is 4.07. The number of rotatable bonds is 14. The van der Waals surface area contributed by atoms with E-state index in [9.17, 15) is 10.2 Å². The fraction of sp³-hybridized carbons (Fsp3) is 0.700. The van der Waals surface area contributed by atoms with Crippen molar-refractivity contribution in [1.82, 2.24) is 0 Å². The maximum atomic E-state index is 10.0. The minimum Gasteiger partial charge on any atom is -0.504 e. The normalized spacial score (nSPS) is 10.8. The number of hydrogen-bond donors (Lipinski definition) is 2. The van der Waals surface area contributed by atoms with Gasteiger partial charge in [0.15, 0.2) is 11.5 Å². The van der Waals surface area contributed by atoms with E-state index in [2.05, 4.69) is 13.8 Å². The smallest absolute Gasteiger partial charge is 0.207 e. The van der Waals surface area contributed by atoms with E-state index in [1.54, 1.807) is 6.07 Å². The molecule has 0 unspecified atom stereocenters. The van der Waals surface area contributed by atoms with Gasteiger partial charge in [-0.15, -0.1) is 0 Å². The van der Waals surface area contributed by atoms with Crippen LogP contribution in [0.3, 0.4) is 0 Å². The van der Waals surface area contributed by atoms with E-state index in [0.29, 0.717) is 19.0 Å². The Morgan fingerprint density at radius 2 is 1.25 bits per heavy atom. The first-order valence-electron chi connectivity index (χ1n) is 9.51. The fourth-order valence-corrected chi connectivity index (χ4v) is 2.56. The van der Waals surface area contributed by atoms with Gasteiger partial charge in [-0.25, -0.2) is 0 Å². The molecular formula is C20H34O4. The lowest BCUT2D eigenvalue weighted by Gasteiger charge is -2.15. The average Bonchev–Trinajstić information content (AvgIpc) is 2.59. The third kappa shape index (κ3) is 7.80. The van der Waals surface area contributed by atoms with Gasteiger partial charge < -0.3 is 19.7 Å². The molecule has 0 bridgehead atoms. The van der Waals surface area contributed by atoms with E-state index in [4.69, 9.17) is 9.47 Å². The number of benzene rings is 1. The SMILES string of the molecule is CCCCCCCOc1ccc(O)c(O)c1OCCCCCCC. The van der Waals surface area contributed by atoms with Crippen molar-refractivity contribution in [2.24, 2.45) is 0 Å². The van der Waals surface area contributed by atoms with Crippen molar-refractivity contribution in [3.8, 4) is 23.0 Å². The number of ether oxygens (including phenoxy) is 2. The van der Waals surface area contributed by atoms with E-state index in [1.165, 1.54) is 44.6 Å². The lowest BCUT2D eigenvalue weighted by atomic mass is 10.2. The summed E-state index contributed by atoms with van der Waals surface area (Å²) in [5.41, 5.74) is 0. The molecule has 0 saturated heterocycles. The Bertz CT molecular complexity index is 446. The quantitative estimate of drug-likeness (QED) is 0.333. The van der Waals surface area contributed by atoms with Crippen LogP contribution < -0.4 is 9.47 Å². The zero-order valence-electron chi connectivity index (χ0n) is 15.4. The molecule has 0 radical (unpaired) electrons. The van der Waals surface area contributed by atoms with E-state index >= 15 is 0 Å². The summed E-state index contributed by atoms with van der Waals surface area (Å²) in [6, 6.07) is 3.10. The van der Waals surface area contributed by atoms with Crippen molar-refractivity contribution in [1.29, 1.82) is 0 Å². The van der Waals surface area contributed by atoms with Crippen molar-refractivity contribution in [3.05, 3.63) is 12.1 Å². The number of phenols is 2. The van der Waals surface area contributed by atoms with E-state index < -0.39 is 0 Å². The second-order valence-electron chi connectivity index (χ2n) is 6.29. The number of phenolic OH excluding ortho intramolecular Hbond substituents is 2. The Hall–Kier alpha value is -1.58. The summed E-state index contributed by atoms with van der Waals surface area (Å²) in [6.45, 7) is 5.50. The molecule has 1 rings (SSSR count). The van der Waals surface area contributed by atoms with Gasteiger partial charge in [0.2, 0.25) is 11.5 Å². The molecule has 0 amide bonds. The van der Waals surface area contributed by atoms with Crippen LogP contribution in [0.5, 0.6) is 23.0 Å². The van der Waals surface area contributed by atoms with Crippen LogP contribution in [-0.4, -0.2) is 23.4 Å². The van der Waals surface area contributed by atoms with Gasteiger partial charge in [0, 0.05) is 0 Å². The molecule has 138 valence electrons. The molecule has 24 heavy (non-hydrogen) atoms. The number of unbranched alkanes of at least 4 members (excludes halogenated alkanes) is 8. The average molecular weight is 338 g/mol. The fourth-order valence-electron chi connectivity index (χ4n) is 2.56. The Balaban J connectivity index is 2.44. The highest BCUT2D eigenvalue weighted by Gasteiger charge is 2.15. The van der Waals surface area contributed by atoms with Crippen LogP contribution in [-0.2, 0) is 0 Å². The van der Waals surface area contributed by atoms with Gasteiger partial charge in [-0.1, -0.05) is 65.2 Å². The summed E-state index contributed by atoms with van der Waals surface area (Å²) >= 11 is 0. The van der Waals surface area contributed by atoms with Crippen molar-refractivity contribution in [3.63, 3.8) is 0 Å². The van der Waals surface area contributed by atoms with Gasteiger partial charge in [0.05, 0.1) is 13.2 Å². The zero-order valence-corrected chi connectivity index (χ0v) is 15.4. The van der Waals surface area contributed by atoms with Gasteiger partial charge >= 0.3 is 0 Å². The summed E-state index contributed by atoms with van der Waals surface area (Å²) < 4.78 is 11.4. The van der Waals surface area contributed by atoms with Crippen LogP contribution in [0.4, 0.5) is 0 Å². The molecule has 0 aliphatic heterocycles.